The molecule has 0 spiro atoms. The van der Waals surface area contributed by atoms with Crippen LogP contribution in [0.5, 0.6) is 0 Å². The molecule has 1 heterocycles. The number of hydrogen-bond donors (Lipinski definition) is 1. The van der Waals surface area contributed by atoms with Gasteiger partial charge in [0, 0.05) is 32.7 Å². The lowest BCUT2D eigenvalue weighted by Crippen LogP contribution is -2.51. The molecule has 82 valence electrons. The van der Waals surface area contributed by atoms with Gasteiger partial charge in [-0.05, 0) is 19.3 Å². The summed E-state index contributed by atoms with van der Waals surface area (Å²) in [4.78, 5) is 15.4. The summed E-state index contributed by atoms with van der Waals surface area (Å²) in [6.07, 6.45) is 0.921. The van der Waals surface area contributed by atoms with Gasteiger partial charge in [0.2, 0.25) is 0 Å². The summed E-state index contributed by atoms with van der Waals surface area (Å²) >= 11 is 0. The highest BCUT2D eigenvalue weighted by atomic mass is 16.2. The Balaban J connectivity index is 2.50. The predicted molar refractivity (Wildman–Crippen MR) is 57.0 cm³/mol. The Morgan fingerprint density at radius 1 is 1.64 bits per heavy atom. The molecule has 2 amide bonds. The van der Waals surface area contributed by atoms with E-state index in [2.05, 4.69) is 6.92 Å². The summed E-state index contributed by atoms with van der Waals surface area (Å²) in [5, 5.41) is 0. The van der Waals surface area contributed by atoms with E-state index in [1.54, 1.807) is 4.90 Å². The van der Waals surface area contributed by atoms with Crippen LogP contribution in [0, 0.1) is 5.92 Å². The molecule has 4 heteroatoms. The van der Waals surface area contributed by atoms with E-state index in [1.165, 1.54) is 0 Å². The highest BCUT2D eigenvalue weighted by molar-refractivity contribution is 5.74. The van der Waals surface area contributed by atoms with Gasteiger partial charge in [0.25, 0.3) is 0 Å². The average Bonchev–Trinajstić information content (AvgIpc) is 2.20. The van der Waals surface area contributed by atoms with Crippen LogP contribution < -0.4 is 5.73 Å². The number of urea groups is 1. The number of rotatable bonds is 1. The lowest BCUT2D eigenvalue weighted by atomic mass is 9.95. The van der Waals surface area contributed by atoms with E-state index < -0.39 is 0 Å². The number of carbonyl (C=O) groups is 1. The summed E-state index contributed by atoms with van der Waals surface area (Å²) in [5.41, 5.74) is 5.90. The average molecular weight is 199 g/mol. The highest BCUT2D eigenvalue weighted by Crippen LogP contribution is 2.15. The second-order valence-electron chi connectivity index (χ2n) is 4.17. The molecule has 0 aromatic carbocycles. The lowest BCUT2D eigenvalue weighted by molar-refractivity contribution is 0.134. The van der Waals surface area contributed by atoms with Gasteiger partial charge in [0.15, 0.2) is 0 Å². The van der Waals surface area contributed by atoms with Crippen LogP contribution in [0.3, 0.4) is 0 Å². The maximum absolute atomic E-state index is 11.8. The smallest absolute Gasteiger partial charge is 0.319 e. The van der Waals surface area contributed by atoms with E-state index >= 15 is 0 Å². The molecule has 4 nitrogen and oxygen atoms in total. The van der Waals surface area contributed by atoms with Crippen molar-refractivity contribution in [3.63, 3.8) is 0 Å². The van der Waals surface area contributed by atoms with Gasteiger partial charge < -0.3 is 15.5 Å². The molecule has 0 aliphatic carbocycles. The number of piperidine rings is 1. The topological polar surface area (TPSA) is 49.6 Å². The predicted octanol–water partition coefficient (Wildman–Crippen LogP) is 0.727. The number of nitrogens with zero attached hydrogens (tertiary/aromatic N) is 2. The maximum atomic E-state index is 11.8. The van der Waals surface area contributed by atoms with E-state index in [-0.39, 0.29) is 12.1 Å². The second kappa shape index (κ2) is 4.64. The lowest BCUT2D eigenvalue weighted by Gasteiger charge is -2.36. The zero-order valence-corrected chi connectivity index (χ0v) is 9.36. The van der Waals surface area contributed by atoms with E-state index in [0.29, 0.717) is 5.92 Å². The largest absolute Gasteiger partial charge is 0.328 e. The minimum atomic E-state index is 0.131. The fourth-order valence-corrected chi connectivity index (χ4v) is 1.71. The zero-order valence-electron chi connectivity index (χ0n) is 9.36. The van der Waals surface area contributed by atoms with Crippen LogP contribution in [0.1, 0.15) is 20.3 Å². The van der Waals surface area contributed by atoms with Gasteiger partial charge in [0.05, 0.1) is 0 Å². The molecule has 1 aliphatic rings. The Hall–Kier alpha value is -0.770. The van der Waals surface area contributed by atoms with Crippen molar-refractivity contribution in [3.05, 3.63) is 0 Å². The molecule has 1 saturated heterocycles. The first-order valence-electron chi connectivity index (χ1n) is 5.31. The monoisotopic (exact) mass is 199 g/mol. The number of carbonyl (C=O) groups excluding carboxylic acids is 1. The van der Waals surface area contributed by atoms with Crippen molar-refractivity contribution >= 4 is 6.03 Å². The minimum absolute atomic E-state index is 0.131. The van der Waals surface area contributed by atoms with Gasteiger partial charge in [-0.3, -0.25) is 0 Å². The van der Waals surface area contributed by atoms with Gasteiger partial charge in [-0.15, -0.1) is 0 Å². The molecule has 2 unspecified atom stereocenters. The van der Waals surface area contributed by atoms with E-state index in [1.807, 2.05) is 18.9 Å². The van der Waals surface area contributed by atoms with Crippen LogP contribution in [-0.4, -0.2) is 48.6 Å². The van der Waals surface area contributed by atoms with Crippen LogP contribution in [0.4, 0.5) is 4.79 Å². The van der Waals surface area contributed by atoms with Crippen molar-refractivity contribution in [3.8, 4) is 0 Å². The third kappa shape index (κ3) is 2.38. The third-order valence-electron chi connectivity index (χ3n) is 3.04. The fraction of sp³-hybridized carbons (Fsp3) is 0.900. The molecule has 1 aliphatic heterocycles. The molecule has 0 aromatic heterocycles. The number of likely N-dealkylation sites (tertiary alicyclic amines) is 1. The summed E-state index contributed by atoms with van der Waals surface area (Å²) in [6.45, 7) is 6.45. The Morgan fingerprint density at radius 3 is 2.79 bits per heavy atom. The Bertz CT molecular complexity index is 208. The van der Waals surface area contributed by atoms with Gasteiger partial charge in [-0.25, -0.2) is 4.79 Å². The quantitative estimate of drug-likeness (QED) is 0.676. The van der Waals surface area contributed by atoms with E-state index in [0.717, 1.165) is 26.1 Å². The summed E-state index contributed by atoms with van der Waals surface area (Å²) in [7, 11) is 1.83. The van der Waals surface area contributed by atoms with Crippen molar-refractivity contribution in [2.24, 2.45) is 11.7 Å². The molecular weight excluding hydrogens is 178 g/mol. The van der Waals surface area contributed by atoms with E-state index in [4.69, 9.17) is 5.73 Å². The van der Waals surface area contributed by atoms with Crippen molar-refractivity contribution in [2.75, 3.05) is 26.7 Å². The molecule has 0 bridgehead atoms. The van der Waals surface area contributed by atoms with Crippen molar-refractivity contribution in [2.45, 2.75) is 26.3 Å². The first-order chi connectivity index (χ1) is 6.56. The molecule has 1 fully saturated rings. The van der Waals surface area contributed by atoms with E-state index in [9.17, 15) is 4.79 Å². The molecule has 0 radical (unpaired) electrons. The van der Waals surface area contributed by atoms with Gasteiger partial charge in [-0.1, -0.05) is 6.92 Å². The SMILES string of the molecule is CCN(C)C(=O)N1CCC(N)C(C)C1. The highest BCUT2D eigenvalue weighted by Gasteiger charge is 2.27. The third-order valence-corrected chi connectivity index (χ3v) is 3.04. The number of amides is 2. The Morgan fingerprint density at radius 2 is 2.29 bits per heavy atom. The van der Waals surface area contributed by atoms with Crippen LogP contribution in [0.15, 0.2) is 0 Å². The van der Waals surface area contributed by atoms with Gasteiger partial charge in [-0.2, -0.15) is 0 Å². The van der Waals surface area contributed by atoms with Crippen LogP contribution >= 0.6 is 0 Å². The Labute approximate surface area is 86.0 Å². The van der Waals surface area contributed by atoms with Crippen LogP contribution in [0.2, 0.25) is 0 Å². The first kappa shape index (κ1) is 11.3. The molecule has 14 heavy (non-hydrogen) atoms. The van der Waals surface area contributed by atoms with Gasteiger partial charge >= 0.3 is 6.03 Å². The molecule has 1 rings (SSSR count). The normalized spacial score (nSPS) is 27.6. The standard InChI is InChI=1S/C10H21N3O/c1-4-12(3)10(14)13-6-5-9(11)8(2)7-13/h8-9H,4-7,11H2,1-3H3. The summed E-state index contributed by atoms with van der Waals surface area (Å²) in [5.74, 6) is 0.415. The number of nitrogens with two attached hydrogens (primary N) is 1. The zero-order chi connectivity index (χ0) is 10.7. The Kier molecular flexibility index (Phi) is 3.75. The van der Waals surface area contributed by atoms with Crippen LogP contribution in [-0.2, 0) is 0 Å². The first-order valence-corrected chi connectivity index (χ1v) is 5.31. The summed E-state index contributed by atoms with van der Waals surface area (Å²) in [6, 6.07) is 0.386. The minimum Gasteiger partial charge on any atom is -0.328 e. The van der Waals surface area contributed by atoms with Crippen molar-refractivity contribution in [1.82, 2.24) is 9.80 Å². The number of hydrogen-bond acceptors (Lipinski definition) is 2. The fourth-order valence-electron chi connectivity index (χ4n) is 1.71. The summed E-state index contributed by atoms with van der Waals surface area (Å²) < 4.78 is 0. The van der Waals surface area contributed by atoms with Crippen molar-refractivity contribution < 1.29 is 4.79 Å². The molecule has 0 saturated carbocycles. The molecule has 0 aromatic rings. The van der Waals surface area contributed by atoms with Crippen molar-refractivity contribution in [1.29, 1.82) is 0 Å². The van der Waals surface area contributed by atoms with Crippen LogP contribution in [0.25, 0.3) is 0 Å². The molecular formula is C10H21N3O. The maximum Gasteiger partial charge on any atom is 0.319 e. The molecule has 2 N–H and O–H groups in total. The second-order valence-corrected chi connectivity index (χ2v) is 4.17. The van der Waals surface area contributed by atoms with Gasteiger partial charge in [0.1, 0.15) is 0 Å². The molecule has 2 atom stereocenters.